The number of hydrogen-bond donors (Lipinski definition) is 2. The van der Waals surface area contributed by atoms with Crippen LogP contribution >= 0.6 is 11.3 Å². The zero-order valence-electron chi connectivity index (χ0n) is 13.6. The van der Waals surface area contributed by atoms with Crippen LogP contribution in [-0.2, 0) is 13.1 Å². The fourth-order valence-electron chi connectivity index (χ4n) is 2.70. The summed E-state index contributed by atoms with van der Waals surface area (Å²) in [4.78, 5) is 8.75. The Morgan fingerprint density at radius 3 is 2.40 bits per heavy atom. The maximum absolute atomic E-state index is 5.63. The van der Waals surface area contributed by atoms with E-state index in [0.29, 0.717) is 6.54 Å². The van der Waals surface area contributed by atoms with Gasteiger partial charge in [0.1, 0.15) is 0 Å². The van der Waals surface area contributed by atoms with E-state index in [1.807, 2.05) is 24.5 Å². The highest BCUT2D eigenvalue weighted by Gasteiger charge is 2.06. The number of benzene rings is 2. The number of fused-ring (bicyclic) bond motifs is 1. The summed E-state index contributed by atoms with van der Waals surface area (Å²) in [5.74, 6) is 0. The van der Waals surface area contributed by atoms with Gasteiger partial charge in [-0.25, -0.2) is 4.98 Å². The third kappa shape index (κ3) is 3.52. The molecule has 0 unspecified atom stereocenters. The Kier molecular flexibility index (Phi) is 4.41. The number of rotatable bonds is 5. The molecule has 4 nitrogen and oxygen atoms in total. The summed E-state index contributed by atoms with van der Waals surface area (Å²) in [6, 6.07) is 18.7. The van der Waals surface area contributed by atoms with Gasteiger partial charge in [-0.05, 0) is 46.5 Å². The Labute approximate surface area is 150 Å². The van der Waals surface area contributed by atoms with Crippen LogP contribution in [0.5, 0.6) is 0 Å². The summed E-state index contributed by atoms with van der Waals surface area (Å²) in [6.45, 7) is 1.33. The van der Waals surface area contributed by atoms with Gasteiger partial charge < -0.3 is 11.1 Å². The number of nitrogens with one attached hydrogen (secondary N) is 1. The second-order valence-electron chi connectivity index (χ2n) is 5.81. The topological polar surface area (TPSA) is 63.8 Å². The minimum absolute atomic E-state index is 0.575. The third-order valence-electron chi connectivity index (χ3n) is 4.10. The van der Waals surface area contributed by atoms with Crippen LogP contribution in [0.1, 0.15) is 11.1 Å². The third-order valence-corrected chi connectivity index (χ3v) is 5.08. The highest BCUT2D eigenvalue weighted by atomic mass is 32.1. The lowest BCUT2D eigenvalue weighted by molar-refractivity contribution is 1.06. The molecule has 3 N–H and O–H groups in total. The highest BCUT2D eigenvalue weighted by Crippen LogP contribution is 2.30. The maximum atomic E-state index is 5.63. The van der Waals surface area contributed by atoms with Gasteiger partial charge in [0.15, 0.2) is 5.13 Å². The zero-order valence-corrected chi connectivity index (χ0v) is 14.5. The number of aromatic nitrogens is 2. The molecule has 4 rings (SSSR count). The van der Waals surface area contributed by atoms with Gasteiger partial charge in [0.25, 0.3) is 0 Å². The standard InChI is InChI=1S/C20H18N4S/c21-12-14-1-3-15(4-2-14)13-23-20-24-18-6-5-17(11-19(18)25-20)16-7-9-22-10-8-16/h1-11H,12-13,21H2,(H,23,24). The van der Waals surface area contributed by atoms with Crippen molar-refractivity contribution in [1.29, 1.82) is 0 Å². The molecule has 25 heavy (non-hydrogen) atoms. The predicted molar refractivity (Wildman–Crippen MR) is 105 cm³/mol. The fourth-order valence-corrected chi connectivity index (χ4v) is 3.60. The van der Waals surface area contributed by atoms with Crippen molar-refractivity contribution in [2.45, 2.75) is 13.1 Å². The molecule has 2 aromatic heterocycles. The van der Waals surface area contributed by atoms with Gasteiger partial charge in [-0.2, -0.15) is 0 Å². The second-order valence-corrected chi connectivity index (χ2v) is 6.84. The predicted octanol–water partition coefficient (Wildman–Crippen LogP) is 4.43. The Balaban J connectivity index is 1.52. The summed E-state index contributed by atoms with van der Waals surface area (Å²) in [7, 11) is 0. The van der Waals surface area contributed by atoms with Crippen molar-refractivity contribution < 1.29 is 0 Å². The van der Waals surface area contributed by atoms with Crippen molar-refractivity contribution >= 4 is 26.7 Å². The molecule has 2 aromatic carbocycles. The smallest absolute Gasteiger partial charge is 0.184 e. The van der Waals surface area contributed by atoms with Crippen LogP contribution in [0.25, 0.3) is 21.3 Å². The number of hydrogen-bond acceptors (Lipinski definition) is 5. The van der Waals surface area contributed by atoms with E-state index < -0.39 is 0 Å². The van der Waals surface area contributed by atoms with Crippen molar-refractivity contribution in [3.05, 3.63) is 78.1 Å². The summed E-state index contributed by atoms with van der Waals surface area (Å²) in [5, 5.41) is 4.35. The Morgan fingerprint density at radius 2 is 1.64 bits per heavy atom. The molecule has 5 heteroatoms. The van der Waals surface area contributed by atoms with E-state index in [9.17, 15) is 0 Å². The van der Waals surface area contributed by atoms with Gasteiger partial charge in [-0.3, -0.25) is 4.98 Å². The molecule has 0 spiro atoms. The molecule has 0 atom stereocenters. The Hall–Kier alpha value is -2.76. The molecule has 0 aliphatic carbocycles. The number of nitrogens with zero attached hydrogens (tertiary/aromatic N) is 2. The molecular weight excluding hydrogens is 328 g/mol. The van der Waals surface area contributed by atoms with E-state index in [0.717, 1.165) is 22.8 Å². The van der Waals surface area contributed by atoms with Crippen LogP contribution in [0.3, 0.4) is 0 Å². The summed E-state index contributed by atoms with van der Waals surface area (Å²) in [6.07, 6.45) is 3.63. The van der Waals surface area contributed by atoms with Crippen molar-refractivity contribution in [3.8, 4) is 11.1 Å². The number of pyridine rings is 1. The number of thiazole rings is 1. The minimum Gasteiger partial charge on any atom is -0.357 e. The quantitative estimate of drug-likeness (QED) is 0.561. The average molecular weight is 346 g/mol. The normalized spacial score (nSPS) is 10.9. The molecule has 0 bridgehead atoms. The van der Waals surface area contributed by atoms with Crippen molar-refractivity contribution in [3.63, 3.8) is 0 Å². The van der Waals surface area contributed by atoms with E-state index in [1.165, 1.54) is 21.4 Å². The van der Waals surface area contributed by atoms with E-state index in [4.69, 9.17) is 5.73 Å². The van der Waals surface area contributed by atoms with E-state index >= 15 is 0 Å². The van der Waals surface area contributed by atoms with Gasteiger partial charge in [0.05, 0.1) is 10.2 Å². The van der Waals surface area contributed by atoms with E-state index in [1.54, 1.807) is 11.3 Å². The Morgan fingerprint density at radius 1 is 0.880 bits per heavy atom. The highest BCUT2D eigenvalue weighted by molar-refractivity contribution is 7.22. The summed E-state index contributed by atoms with van der Waals surface area (Å²) < 4.78 is 1.18. The van der Waals surface area contributed by atoms with Crippen molar-refractivity contribution in [2.75, 3.05) is 5.32 Å². The van der Waals surface area contributed by atoms with Crippen LogP contribution in [0.2, 0.25) is 0 Å². The second kappa shape index (κ2) is 7.01. The van der Waals surface area contributed by atoms with Gasteiger partial charge >= 0.3 is 0 Å². The van der Waals surface area contributed by atoms with Crippen LogP contribution in [-0.4, -0.2) is 9.97 Å². The summed E-state index contributed by atoms with van der Waals surface area (Å²) >= 11 is 1.68. The molecular formula is C20H18N4S. The molecule has 0 aliphatic rings. The van der Waals surface area contributed by atoms with Crippen LogP contribution in [0.15, 0.2) is 67.0 Å². The molecule has 0 fully saturated rings. The number of nitrogens with two attached hydrogens (primary N) is 1. The maximum Gasteiger partial charge on any atom is 0.184 e. The lowest BCUT2D eigenvalue weighted by Crippen LogP contribution is -2.00. The molecule has 124 valence electrons. The SMILES string of the molecule is NCc1ccc(CNc2nc3ccc(-c4ccncc4)cc3s2)cc1. The number of anilines is 1. The van der Waals surface area contributed by atoms with Crippen molar-refractivity contribution in [2.24, 2.45) is 5.73 Å². The van der Waals surface area contributed by atoms with Crippen LogP contribution in [0, 0.1) is 0 Å². The zero-order chi connectivity index (χ0) is 17.1. The largest absolute Gasteiger partial charge is 0.357 e. The van der Waals surface area contributed by atoms with Gasteiger partial charge in [-0.1, -0.05) is 41.7 Å². The molecule has 0 amide bonds. The summed E-state index contributed by atoms with van der Waals surface area (Å²) in [5.41, 5.74) is 11.4. The fraction of sp³-hybridized carbons (Fsp3) is 0.100. The molecule has 0 radical (unpaired) electrons. The molecule has 0 saturated carbocycles. The molecule has 2 heterocycles. The van der Waals surface area contributed by atoms with E-state index in [-0.39, 0.29) is 0 Å². The first kappa shape index (κ1) is 15.7. The monoisotopic (exact) mass is 346 g/mol. The van der Waals surface area contributed by atoms with Gasteiger partial charge in [-0.15, -0.1) is 0 Å². The van der Waals surface area contributed by atoms with Crippen LogP contribution < -0.4 is 11.1 Å². The van der Waals surface area contributed by atoms with Gasteiger partial charge in [0.2, 0.25) is 0 Å². The first-order valence-corrected chi connectivity index (χ1v) is 8.96. The van der Waals surface area contributed by atoms with Crippen molar-refractivity contribution in [1.82, 2.24) is 9.97 Å². The Bertz CT molecular complexity index is 978. The first-order valence-electron chi connectivity index (χ1n) is 8.14. The van der Waals surface area contributed by atoms with E-state index in [2.05, 4.69) is 57.7 Å². The van der Waals surface area contributed by atoms with Crippen LogP contribution in [0.4, 0.5) is 5.13 Å². The van der Waals surface area contributed by atoms with Gasteiger partial charge in [0, 0.05) is 25.5 Å². The minimum atomic E-state index is 0.575. The lowest BCUT2D eigenvalue weighted by atomic mass is 10.1. The molecule has 0 aliphatic heterocycles. The lowest BCUT2D eigenvalue weighted by Gasteiger charge is -2.03. The average Bonchev–Trinajstić information content (AvgIpc) is 3.09. The molecule has 0 saturated heterocycles. The molecule has 4 aromatic rings. The first-order chi connectivity index (χ1) is 12.3.